The molecule has 1 aromatic rings. The van der Waals surface area contributed by atoms with Crippen LogP contribution in [0, 0.1) is 0 Å². The molecule has 6 nitrogen and oxygen atoms in total. The van der Waals surface area contributed by atoms with E-state index >= 15 is 0 Å². The Morgan fingerprint density at radius 1 is 1.67 bits per heavy atom. The van der Waals surface area contributed by atoms with Gasteiger partial charge in [-0.25, -0.2) is 0 Å². The number of carboxylic acid groups (broad SMARTS) is 1. The van der Waals surface area contributed by atoms with E-state index < -0.39 is 18.1 Å². The van der Waals surface area contributed by atoms with Crippen LogP contribution in [0.4, 0.5) is 0 Å². The van der Waals surface area contributed by atoms with Gasteiger partial charge in [0.05, 0.1) is 0 Å². The van der Waals surface area contributed by atoms with E-state index in [1.54, 1.807) is 6.07 Å². The van der Waals surface area contributed by atoms with Gasteiger partial charge in [0, 0.05) is 7.11 Å². The fraction of sp³-hybridized carbons (Fsp3) is 0.444. The highest BCUT2D eigenvalue weighted by atomic mass is 16.5. The Kier molecular flexibility index (Phi) is 3.84. The number of methoxy groups -OCH3 is 1. The van der Waals surface area contributed by atoms with Gasteiger partial charge in [-0.1, -0.05) is 0 Å². The molecule has 1 rings (SSSR count). The number of hydrogen-bond acceptors (Lipinski definition) is 5. The maximum absolute atomic E-state index is 10.5. The molecule has 0 bridgehead atoms. The van der Waals surface area contributed by atoms with Crippen LogP contribution in [0.1, 0.15) is 17.6 Å². The largest absolute Gasteiger partial charge is 0.480 e. The summed E-state index contributed by atoms with van der Waals surface area (Å²) >= 11 is 0. The van der Waals surface area contributed by atoms with E-state index in [0.717, 1.165) is 0 Å². The Balaban J connectivity index is 2.73. The van der Waals surface area contributed by atoms with Gasteiger partial charge in [0.25, 0.3) is 0 Å². The van der Waals surface area contributed by atoms with Gasteiger partial charge in [-0.3, -0.25) is 4.79 Å². The van der Waals surface area contributed by atoms with Gasteiger partial charge in [0.2, 0.25) is 0 Å². The third-order valence-electron chi connectivity index (χ3n) is 1.89. The molecule has 0 saturated carbocycles. The number of rotatable bonds is 5. The van der Waals surface area contributed by atoms with Gasteiger partial charge in [0.1, 0.15) is 30.3 Å². The van der Waals surface area contributed by atoms with E-state index in [1.807, 2.05) is 0 Å². The van der Waals surface area contributed by atoms with Crippen LogP contribution in [0.3, 0.4) is 0 Å². The molecule has 84 valence electrons. The lowest BCUT2D eigenvalue weighted by atomic mass is 10.1. The number of furan rings is 1. The van der Waals surface area contributed by atoms with Crippen LogP contribution in [0.5, 0.6) is 0 Å². The van der Waals surface area contributed by atoms with Gasteiger partial charge < -0.3 is 25.1 Å². The van der Waals surface area contributed by atoms with E-state index in [-0.39, 0.29) is 12.4 Å². The first-order valence-electron chi connectivity index (χ1n) is 4.30. The fourth-order valence-corrected chi connectivity index (χ4v) is 1.09. The van der Waals surface area contributed by atoms with Crippen LogP contribution >= 0.6 is 0 Å². The number of nitrogens with two attached hydrogens (primary N) is 1. The summed E-state index contributed by atoms with van der Waals surface area (Å²) in [4.78, 5) is 10.5. The third-order valence-corrected chi connectivity index (χ3v) is 1.89. The second kappa shape index (κ2) is 4.92. The van der Waals surface area contributed by atoms with E-state index in [2.05, 4.69) is 0 Å². The van der Waals surface area contributed by atoms with Crippen molar-refractivity contribution in [1.82, 2.24) is 0 Å². The van der Waals surface area contributed by atoms with Crippen molar-refractivity contribution in [3.63, 3.8) is 0 Å². The topological polar surface area (TPSA) is 106 Å². The second-order valence-corrected chi connectivity index (χ2v) is 3.05. The van der Waals surface area contributed by atoms with Crippen LogP contribution in [0.2, 0.25) is 0 Å². The Morgan fingerprint density at radius 3 is 2.87 bits per heavy atom. The quantitative estimate of drug-likeness (QED) is 0.631. The summed E-state index contributed by atoms with van der Waals surface area (Å²) in [7, 11) is 1.50. The predicted molar refractivity (Wildman–Crippen MR) is 50.0 cm³/mol. The number of carboxylic acids is 1. The molecule has 0 radical (unpaired) electrons. The summed E-state index contributed by atoms with van der Waals surface area (Å²) in [5, 5.41) is 18.1. The molecule has 0 aliphatic rings. The Hall–Kier alpha value is -1.37. The molecule has 0 spiro atoms. The molecule has 2 unspecified atom stereocenters. The highest BCUT2D eigenvalue weighted by molar-refractivity contribution is 5.74. The van der Waals surface area contributed by atoms with Gasteiger partial charge in [-0.15, -0.1) is 0 Å². The van der Waals surface area contributed by atoms with Crippen LogP contribution in [-0.4, -0.2) is 29.3 Å². The first-order chi connectivity index (χ1) is 7.06. The smallest absolute Gasteiger partial charge is 0.323 e. The molecule has 0 fully saturated rings. The summed E-state index contributed by atoms with van der Waals surface area (Å²) in [6, 6.07) is 1.67. The highest BCUT2D eigenvalue weighted by Crippen LogP contribution is 2.19. The van der Waals surface area contributed by atoms with E-state index in [9.17, 15) is 9.90 Å². The van der Waals surface area contributed by atoms with Crippen molar-refractivity contribution in [1.29, 1.82) is 0 Å². The number of hydrogen-bond donors (Lipinski definition) is 3. The summed E-state index contributed by atoms with van der Waals surface area (Å²) in [5.41, 5.74) is 5.23. The molecule has 0 saturated heterocycles. The van der Waals surface area contributed by atoms with Crippen LogP contribution < -0.4 is 5.73 Å². The minimum absolute atomic E-state index is 0.122. The van der Waals surface area contributed by atoms with Gasteiger partial charge in [-0.2, -0.15) is 0 Å². The lowest BCUT2D eigenvalue weighted by molar-refractivity contribution is -0.141. The van der Waals surface area contributed by atoms with E-state index in [1.165, 1.54) is 13.2 Å². The first-order valence-corrected chi connectivity index (χ1v) is 4.30. The Bertz CT molecular complexity index is 335. The lowest BCUT2D eigenvalue weighted by Crippen LogP contribution is -2.36. The molecule has 0 aliphatic carbocycles. The molecular formula is C9H13NO5. The summed E-state index contributed by atoms with van der Waals surface area (Å²) in [6.45, 7) is 0.259. The fourth-order valence-electron chi connectivity index (χ4n) is 1.09. The third kappa shape index (κ3) is 2.79. The molecule has 15 heavy (non-hydrogen) atoms. The summed E-state index contributed by atoms with van der Waals surface area (Å²) < 4.78 is 9.94. The first kappa shape index (κ1) is 11.7. The van der Waals surface area contributed by atoms with Crippen molar-refractivity contribution in [2.45, 2.75) is 18.8 Å². The van der Waals surface area contributed by atoms with Crippen molar-refractivity contribution in [3.05, 3.63) is 23.7 Å². The van der Waals surface area contributed by atoms with Crippen LogP contribution in [0.15, 0.2) is 16.5 Å². The van der Waals surface area contributed by atoms with Crippen molar-refractivity contribution in [3.8, 4) is 0 Å². The molecule has 0 aliphatic heterocycles. The molecule has 1 heterocycles. The van der Waals surface area contributed by atoms with Crippen LogP contribution in [-0.2, 0) is 16.1 Å². The molecule has 2 atom stereocenters. The highest BCUT2D eigenvalue weighted by Gasteiger charge is 2.26. The maximum Gasteiger partial charge on any atom is 0.323 e. The number of ether oxygens (including phenoxy) is 1. The van der Waals surface area contributed by atoms with Crippen molar-refractivity contribution < 1.29 is 24.2 Å². The van der Waals surface area contributed by atoms with Crippen molar-refractivity contribution >= 4 is 5.97 Å². The minimum atomic E-state index is -1.40. The SMILES string of the molecule is COCc1ccc(C(O)C(N)C(=O)O)o1. The van der Waals surface area contributed by atoms with Crippen molar-refractivity contribution in [2.75, 3.05) is 7.11 Å². The monoisotopic (exact) mass is 215 g/mol. The summed E-state index contributed by atoms with van der Waals surface area (Å²) in [6.07, 6.45) is -1.35. The molecular weight excluding hydrogens is 202 g/mol. The molecule has 4 N–H and O–H groups in total. The van der Waals surface area contributed by atoms with Crippen LogP contribution in [0.25, 0.3) is 0 Å². The van der Waals surface area contributed by atoms with Gasteiger partial charge in [0.15, 0.2) is 0 Å². The van der Waals surface area contributed by atoms with E-state index in [4.69, 9.17) is 20.0 Å². The Labute approximate surface area is 86.3 Å². The normalized spacial score (nSPS) is 14.9. The average Bonchev–Trinajstić information content (AvgIpc) is 2.64. The number of aliphatic hydroxyl groups is 1. The molecule has 1 aromatic heterocycles. The summed E-state index contributed by atoms with van der Waals surface area (Å²) in [5.74, 6) is -0.659. The molecule has 0 amide bonds. The average molecular weight is 215 g/mol. The lowest BCUT2D eigenvalue weighted by Gasteiger charge is -2.11. The number of aliphatic hydroxyl groups excluding tert-OH is 1. The second-order valence-electron chi connectivity index (χ2n) is 3.05. The predicted octanol–water partition coefficient (Wildman–Crippen LogP) is -0.129. The standard InChI is InChI=1S/C9H13NO5/c1-14-4-5-2-3-6(15-5)8(11)7(10)9(12)13/h2-3,7-8,11H,4,10H2,1H3,(H,12,13). The van der Waals surface area contributed by atoms with Crippen molar-refractivity contribution in [2.24, 2.45) is 5.73 Å². The molecule has 0 aromatic carbocycles. The molecule has 6 heteroatoms. The maximum atomic E-state index is 10.5. The van der Waals surface area contributed by atoms with Gasteiger partial charge in [-0.05, 0) is 12.1 Å². The minimum Gasteiger partial charge on any atom is -0.480 e. The zero-order valence-corrected chi connectivity index (χ0v) is 8.21. The Morgan fingerprint density at radius 2 is 2.33 bits per heavy atom. The van der Waals surface area contributed by atoms with Gasteiger partial charge >= 0.3 is 5.97 Å². The zero-order valence-electron chi connectivity index (χ0n) is 8.21. The number of carbonyl (C=O) groups is 1. The van der Waals surface area contributed by atoms with E-state index in [0.29, 0.717) is 5.76 Å². The zero-order chi connectivity index (χ0) is 11.4. The number of aliphatic carboxylic acids is 1.